The lowest BCUT2D eigenvalue weighted by Crippen LogP contribution is -2.40. The van der Waals surface area contributed by atoms with Gasteiger partial charge in [0.2, 0.25) is 11.7 Å². The van der Waals surface area contributed by atoms with Gasteiger partial charge in [-0.1, -0.05) is 59.8 Å². The summed E-state index contributed by atoms with van der Waals surface area (Å²) < 4.78 is 11.0. The Kier molecular flexibility index (Phi) is 5.39. The number of nitrogens with zero attached hydrogens (tertiary/aromatic N) is 4. The maximum Gasteiger partial charge on any atom is 0.244 e. The minimum absolute atomic E-state index is 0.219. The van der Waals surface area contributed by atoms with Gasteiger partial charge in [0.25, 0.3) is 0 Å². The van der Waals surface area contributed by atoms with Crippen LogP contribution in [0.4, 0.5) is 0 Å². The fourth-order valence-electron chi connectivity index (χ4n) is 3.99. The van der Waals surface area contributed by atoms with Crippen molar-refractivity contribution in [3.05, 3.63) is 71.6 Å². The molecule has 0 spiro atoms. The van der Waals surface area contributed by atoms with E-state index < -0.39 is 0 Å². The van der Waals surface area contributed by atoms with Crippen molar-refractivity contribution in [2.24, 2.45) is 0 Å². The molecular weight excluding hydrogens is 364 g/mol. The third-order valence-corrected chi connectivity index (χ3v) is 5.81. The Morgan fingerprint density at radius 1 is 0.862 bits per heavy atom. The van der Waals surface area contributed by atoms with Gasteiger partial charge in [-0.15, -0.1) is 0 Å². The van der Waals surface area contributed by atoms with Crippen LogP contribution >= 0.6 is 0 Å². The molecule has 2 aromatic carbocycles. The first-order valence-corrected chi connectivity index (χ1v) is 10.4. The SMILES string of the molecule is c1ccc(CN2CC[C@@H]2c2nc(-c3ccc(CN4CCOCC4)cc3)no2)cc1. The monoisotopic (exact) mass is 390 g/mol. The molecule has 3 heterocycles. The van der Waals surface area contributed by atoms with Crippen LogP contribution in [0.15, 0.2) is 59.1 Å². The molecule has 2 fully saturated rings. The zero-order valence-corrected chi connectivity index (χ0v) is 16.5. The van der Waals surface area contributed by atoms with E-state index in [-0.39, 0.29) is 6.04 Å². The van der Waals surface area contributed by atoms with E-state index in [1.807, 2.05) is 6.07 Å². The van der Waals surface area contributed by atoms with Gasteiger partial charge in [-0.05, 0) is 17.5 Å². The van der Waals surface area contributed by atoms with Crippen LogP contribution in [0, 0.1) is 0 Å². The van der Waals surface area contributed by atoms with Crippen molar-refractivity contribution in [2.75, 3.05) is 32.8 Å². The van der Waals surface area contributed by atoms with Crippen LogP contribution in [-0.2, 0) is 17.8 Å². The lowest BCUT2D eigenvalue weighted by molar-refractivity contribution is 0.0342. The van der Waals surface area contributed by atoms with E-state index in [1.54, 1.807) is 0 Å². The van der Waals surface area contributed by atoms with Crippen molar-refractivity contribution in [3.8, 4) is 11.4 Å². The largest absolute Gasteiger partial charge is 0.379 e. The Morgan fingerprint density at radius 2 is 1.62 bits per heavy atom. The minimum Gasteiger partial charge on any atom is -0.379 e. The molecule has 29 heavy (non-hydrogen) atoms. The molecule has 0 radical (unpaired) electrons. The third kappa shape index (κ3) is 4.24. The molecule has 5 rings (SSSR count). The predicted molar refractivity (Wildman–Crippen MR) is 110 cm³/mol. The number of aromatic nitrogens is 2. The molecule has 6 nitrogen and oxygen atoms in total. The highest BCUT2D eigenvalue weighted by molar-refractivity contribution is 5.54. The number of benzene rings is 2. The highest BCUT2D eigenvalue weighted by atomic mass is 16.5. The Balaban J connectivity index is 1.23. The van der Waals surface area contributed by atoms with Crippen molar-refractivity contribution in [1.29, 1.82) is 0 Å². The van der Waals surface area contributed by atoms with Gasteiger partial charge >= 0.3 is 0 Å². The van der Waals surface area contributed by atoms with E-state index in [1.165, 1.54) is 11.1 Å². The molecule has 1 atom stereocenters. The standard InChI is InChI=1S/C23H26N4O2/c1-2-4-18(5-3-1)17-27-11-10-21(27)23-24-22(25-29-23)20-8-6-19(7-9-20)16-26-12-14-28-15-13-26/h1-9,21H,10-17H2/t21-/m1/s1. The van der Waals surface area contributed by atoms with Gasteiger partial charge in [0, 0.05) is 38.3 Å². The quantitative estimate of drug-likeness (QED) is 0.642. The van der Waals surface area contributed by atoms with Crippen LogP contribution in [0.2, 0.25) is 0 Å². The van der Waals surface area contributed by atoms with Crippen LogP contribution in [0.3, 0.4) is 0 Å². The topological polar surface area (TPSA) is 54.6 Å². The summed E-state index contributed by atoms with van der Waals surface area (Å²) in [4.78, 5) is 9.50. The summed E-state index contributed by atoms with van der Waals surface area (Å²) in [5.41, 5.74) is 3.61. The molecule has 0 aliphatic carbocycles. The molecule has 2 saturated heterocycles. The average molecular weight is 390 g/mol. The maximum atomic E-state index is 5.62. The summed E-state index contributed by atoms with van der Waals surface area (Å²) in [6, 6.07) is 19.2. The van der Waals surface area contributed by atoms with Gasteiger partial charge < -0.3 is 9.26 Å². The van der Waals surface area contributed by atoms with Gasteiger partial charge in [-0.2, -0.15) is 4.98 Å². The molecule has 2 aliphatic rings. The van der Waals surface area contributed by atoms with Gasteiger partial charge in [0.05, 0.1) is 19.3 Å². The molecule has 0 unspecified atom stereocenters. The molecule has 3 aromatic rings. The first-order valence-electron chi connectivity index (χ1n) is 10.4. The van der Waals surface area contributed by atoms with Crippen LogP contribution < -0.4 is 0 Å². The Labute approximate surface area is 171 Å². The van der Waals surface area contributed by atoms with Crippen molar-refractivity contribution in [2.45, 2.75) is 25.6 Å². The number of hydrogen-bond acceptors (Lipinski definition) is 6. The van der Waals surface area contributed by atoms with E-state index >= 15 is 0 Å². The number of likely N-dealkylation sites (tertiary alicyclic amines) is 1. The highest BCUT2D eigenvalue weighted by Gasteiger charge is 2.34. The average Bonchev–Trinajstić information content (AvgIpc) is 3.22. The lowest BCUT2D eigenvalue weighted by atomic mass is 10.0. The smallest absolute Gasteiger partial charge is 0.244 e. The second-order valence-corrected chi connectivity index (χ2v) is 7.80. The van der Waals surface area contributed by atoms with Crippen LogP contribution in [-0.4, -0.2) is 52.8 Å². The second kappa shape index (κ2) is 8.45. The Hall–Kier alpha value is -2.54. The Bertz CT molecular complexity index is 920. The number of rotatable bonds is 6. The van der Waals surface area contributed by atoms with E-state index in [9.17, 15) is 0 Å². The molecule has 0 saturated carbocycles. The predicted octanol–water partition coefficient (Wildman–Crippen LogP) is 3.52. The molecular formula is C23H26N4O2. The van der Waals surface area contributed by atoms with Crippen LogP contribution in [0.5, 0.6) is 0 Å². The maximum absolute atomic E-state index is 5.62. The van der Waals surface area contributed by atoms with Crippen LogP contribution in [0.1, 0.15) is 29.5 Å². The first kappa shape index (κ1) is 18.5. The molecule has 0 bridgehead atoms. The highest BCUT2D eigenvalue weighted by Crippen LogP contribution is 2.34. The van der Waals surface area contributed by atoms with E-state index in [0.717, 1.165) is 63.8 Å². The van der Waals surface area contributed by atoms with Gasteiger partial charge in [0.1, 0.15) is 0 Å². The molecule has 150 valence electrons. The van der Waals surface area contributed by atoms with Crippen molar-refractivity contribution in [1.82, 2.24) is 19.9 Å². The zero-order valence-electron chi connectivity index (χ0n) is 16.5. The third-order valence-electron chi connectivity index (χ3n) is 5.81. The van der Waals surface area contributed by atoms with Gasteiger partial charge in [0.15, 0.2) is 0 Å². The lowest BCUT2D eigenvalue weighted by Gasteiger charge is -2.38. The normalized spacial score (nSPS) is 20.5. The Morgan fingerprint density at radius 3 is 2.34 bits per heavy atom. The van der Waals surface area contributed by atoms with E-state index in [4.69, 9.17) is 14.2 Å². The van der Waals surface area contributed by atoms with Gasteiger partial charge in [-0.3, -0.25) is 9.80 Å². The summed E-state index contributed by atoms with van der Waals surface area (Å²) >= 11 is 0. The van der Waals surface area contributed by atoms with Gasteiger partial charge in [-0.25, -0.2) is 0 Å². The summed E-state index contributed by atoms with van der Waals surface area (Å²) in [5, 5.41) is 4.24. The van der Waals surface area contributed by atoms with Crippen molar-refractivity contribution < 1.29 is 9.26 Å². The number of hydrogen-bond donors (Lipinski definition) is 0. The van der Waals surface area contributed by atoms with E-state index in [2.05, 4.69) is 63.5 Å². The molecule has 0 amide bonds. The second-order valence-electron chi connectivity index (χ2n) is 7.80. The fourth-order valence-corrected chi connectivity index (χ4v) is 3.99. The first-order chi connectivity index (χ1) is 14.3. The molecule has 6 heteroatoms. The summed E-state index contributed by atoms with van der Waals surface area (Å²) in [5.74, 6) is 1.39. The molecule has 0 N–H and O–H groups in total. The number of morpholine rings is 1. The summed E-state index contributed by atoms with van der Waals surface area (Å²) in [6.45, 7) is 6.58. The zero-order chi connectivity index (χ0) is 19.5. The fraction of sp³-hybridized carbons (Fsp3) is 0.391. The van der Waals surface area contributed by atoms with Crippen LogP contribution in [0.25, 0.3) is 11.4 Å². The molecule has 2 aliphatic heterocycles. The summed E-state index contributed by atoms with van der Waals surface area (Å²) in [6.07, 6.45) is 1.06. The van der Waals surface area contributed by atoms with Crippen molar-refractivity contribution in [3.63, 3.8) is 0 Å². The minimum atomic E-state index is 0.219. The van der Waals surface area contributed by atoms with Crippen molar-refractivity contribution >= 4 is 0 Å². The number of ether oxygens (including phenoxy) is 1. The molecule has 1 aromatic heterocycles. The summed E-state index contributed by atoms with van der Waals surface area (Å²) in [7, 11) is 0. The van der Waals surface area contributed by atoms with E-state index in [0.29, 0.717) is 5.82 Å².